The molecule has 0 saturated carbocycles. The second-order valence-electron chi connectivity index (χ2n) is 4.52. The summed E-state index contributed by atoms with van der Waals surface area (Å²) in [5.74, 6) is -0.210. The molecular weight excluding hydrogens is 266 g/mol. The number of benzene rings is 1. The van der Waals surface area contributed by atoms with Gasteiger partial charge in [0.15, 0.2) is 0 Å². The van der Waals surface area contributed by atoms with Crippen LogP contribution in [0.5, 0.6) is 0 Å². The highest BCUT2D eigenvalue weighted by Crippen LogP contribution is 2.13. The Morgan fingerprint density at radius 3 is 2.21 bits per heavy atom. The molecule has 2 amide bonds. The minimum Gasteiger partial charge on any atom is -0.348 e. The number of rotatable bonds is 5. The molecule has 0 unspecified atom stereocenters. The van der Waals surface area contributed by atoms with Gasteiger partial charge in [-0.15, -0.1) is 0 Å². The lowest BCUT2D eigenvalue weighted by atomic mass is 10.3. The average molecular weight is 284 g/mol. The fourth-order valence-corrected chi connectivity index (χ4v) is 1.53. The minimum absolute atomic E-state index is 0.0400. The Balaban J connectivity index is 2.42. The van der Waals surface area contributed by atoms with Crippen molar-refractivity contribution >= 4 is 29.1 Å². The standard InChI is InChI=1S/C13H18ClN3O2/c1-16(2)13(19)9-17(3)8-12(18)15-11-6-4-10(14)5-7-11/h4-7H,8-9H2,1-3H3,(H,15,18). The molecule has 19 heavy (non-hydrogen) atoms. The Hall–Kier alpha value is -1.59. The predicted molar refractivity (Wildman–Crippen MR) is 76.3 cm³/mol. The molecule has 1 aromatic carbocycles. The predicted octanol–water partition coefficient (Wildman–Crippen LogP) is 1.30. The first-order valence-corrected chi connectivity index (χ1v) is 6.20. The molecule has 0 atom stereocenters. The molecule has 104 valence electrons. The van der Waals surface area contributed by atoms with Crippen LogP contribution < -0.4 is 5.32 Å². The number of nitrogens with one attached hydrogen (secondary N) is 1. The maximum Gasteiger partial charge on any atom is 0.238 e. The lowest BCUT2D eigenvalue weighted by molar-refractivity contribution is -0.130. The molecule has 5 nitrogen and oxygen atoms in total. The number of anilines is 1. The second kappa shape index (κ2) is 7.11. The third kappa shape index (κ3) is 5.72. The van der Waals surface area contributed by atoms with Crippen LogP contribution in [0.25, 0.3) is 0 Å². The molecule has 0 fully saturated rings. The van der Waals surface area contributed by atoms with Gasteiger partial charge in [0.25, 0.3) is 0 Å². The van der Waals surface area contributed by atoms with Crippen molar-refractivity contribution in [3.05, 3.63) is 29.3 Å². The summed E-state index contributed by atoms with van der Waals surface area (Å²) in [6, 6.07) is 6.86. The van der Waals surface area contributed by atoms with Crippen molar-refractivity contribution in [2.24, 2.45) is 0 Å². The van der Waals surface area contributed by atoms with E-state index in [1.54, 1.807) is 50.3 Å². The highest BCUT2D eigenvalue weighted by molar-refractivity contribution is 6.30. The van der Waals surface area contributed by atoms with Crippen LogP contribution in [0.1, 0.15) is 0 Å². The van der Waals surface area contributed by atoms with Gasteiger partial charge in [-0.2, -0.15) is 0 Å². The number of amides is 2. The molecule has 0 bridgehead atoms. The summed E-state index contributed by atoms with van der Waals surface area (Å²) in [6.45, 7) is 0.364. The fraction of sp³-hybridized carbons (Fsp3) is 0.385. The van der Waals surface area contributed by atoms with Gasteiger partial charge in [-0.05, 0) is 31.3 Å². The zero-order chi connectivity index (χ0) is 14.4. The van der Waals surface area contributed by atoms with Crippen molar-refractivity contribution in [1.29, 1.82) is 0 Å². The number of hydrogen-bond acceptors (Lipinski definition) is 3. The topological polar surface area (TPSA) is 52.7 Å². The van der Waals surface area contributed by atoms with Crippen molar-refractivity contribution in [1.82, 2.24) is 9.80 Å². The maximum atomic E-state index is 11.7. The molecule has 1 N–H and O–H groups in total. The van der Waals surface area contributed by atoms with E-state index < -0.39 is 0 Å². The summed E-state index contributed by atoms with van der Waals surface area (Å²) in [5.41, 5.74) is 0.682. The van der Waals surface area contributed by atoms with E-state index in [2.05, 4.69) is 5.32 Å². The quantitative estimate of drug-likeness (QED) is 0.886. The Bertz CT molecular complexity index is 446. The Labute approximate surface area is 118 Å². The van der Waals surface area contributed by atoms with Crippen molar-refractivity contribution in [3.63, 3.8) is 0 Å². The zero-order valence-corrected chi connectivity index (χ0v) is 12.1. The molecule has 0 aliphatic carbocycles. The highest BCUT2D eigenvalue weighted by Gasteiger charge is 2.11. The van der Waals surface area contributed by atoms with E-state index in [-0.39, 0.29) is 24.9 Å². The van der Waals surface area contributed by atoms with E-state index >= 15 is 0 Å². The highest BCUT2D eigenvalue weighted by atomic mass is 35.5. The van der Waals surface area contributed by atoms with Gasteiger partial charge < -0.3 is 10.2 Å². The normalized spacial score (nSPS) is 10.4. The summed E-state index contributed by atoms with van der Waals surface area (Å²) in [6.07, 6.45) is 0. The van der Waals surface area contributed by atoms with Crippen LogP contribution in [0.15, 0.2) is 24.3 Å². The van der Waals surface area contributed by atoms with Gasteiger partial charge in [-0.3, -0.25) is 14.5 Å². The van der Waals surface area contributed by atoms with Crippen molar-refractivity contribution < 1.29 is 9.59 Å². The molecule has 0 radical (unpaired) electrons. The SMILES string of the molecule is CN(CC(=O)Nc1ccc(Cl)cc1)CC(=O)N(C)C. The summed E-state index contributed by atoms with van der Waals surface area (Å²) in [5, 5.41) is 3.36. The van der Waals surface area contributed by atoms with Gasteiger partial charge in [-0.25, -0.2) is 0 Å². The summed E-state index contributed by atoms with van der Waals surface area (Å²) in [7, 11) is 5.09. The maximum absolute atomic E-state index is 11.7. The van der Waals surface area contributed by atoms with Crippen LogP contribution in [-0.4, -0.2) is 55.8 Å². The van der Waals surface area contributed by atoms with E-state index in [4.69, 9.17) is 11.6 Å². The van der Waals surface area contributed by atoms with Gasteiger partial charge >= 0.3 is 0 Å². The average Bonchev–Trinajstić information content (AvgIpc) is 2.31. The molecule has 0 heterocycles. The van der Waals surface area contributed by atoms with Crippen LogP contribution in [-0.2, 0) is 9.59 Å². The second-order valence-corrected chi connectivity index (χ2v) is 4.95. The number of hydrogen-bond donors (Lipinski definition) is 1. The molecule has 0 spiro atoms. The largest absolute Gasteiger partial charge is 0.348 e. The molecule has 1 rings (SSSR count). The van der Waals surface area contributed by atoms with Gasteiger partial charge in [0, 0.05) is 24.8 Å². The lowest BCUT2D eigenvalue weighted by Gasteiger charge is -2.18. The van der Waals surface area contributed by atoms with Crippen LogP contribution in [0, 0.1) is 0 Å². The van der Waals surface area contributed by atoms with Crippen LogP contribution in [0.4, 0.5) is 5.69 Å². The molecular formula is C13H18ClN3O2. The first-order valence-electron chi connectivity index (χ1n) is 5.82. The van der Waals surface area contributed by atoms with E-state index in [1.807, 2.05) is 0 Å². The van der Waals surface area contributed by atoms with E-state index in [0.29, 0.717) is 10.7 Å². The number of halogens is 1. The summed E-state index contributed by atoms with van der Waals surface area (Å²) < 4.78 is 0. The van der Waals surface area contributed by atoms with Crippen molar-refractivity contribution in [2.45, 2.75) is 0 Å². The Kier molecular flexibility index (Phi) is 5.79. The third-order valence-corrected chi connectivity index (χ3v) is 2.70. The van der Waals surface area contributed by atoms with Gasteiger partial charge in [0.05, 0.1) is 13.1 Å². The molecule has 0 aromatic heterocycles. The number of likely N-dealkylation sites (N-methyl/N-ethyl adjacent to an activating group) is 2. The van der Waals surface area contributed by atoms with Crippen LogP contribution in [0.2, 0.25) is 5.02 Å². The minimum atomic E-state index is -0.170. The Morgan fingerprint density at radius 1 is 1.11 bits per heavy atom. The van der Waals surface area contributed by atoms with Gasteiger partial charge in [0.2, 0.25) is 11.8 Å². The molecule has 6 heteroatoms. The van der Waals surface area contributed by atoms with Crippen molar-refractivity contribution in [2.75, 3.05) is 39.5 Å². The lowest BCUT2D eigenvalue weighted by Crippen LogP contribution is -2.38. The van der Waals surface area contributed by atoms with E-state index in [0.717, 1.165) is 0 Å². The number of nitrogens with zero attached hydrogens (tertiary/aromatic N) is 2. The molecule has 0 aliphatic rings. The number of carbonyl (C=O) groups is 2. The smallest absolute Gasteiger partial charge is 0.238 e. The first-order chi connectivity index (χ1) is 8.88. The zero-order valence-electron chi connectivity index (χ0n) is 11.3. The van der Waals surface area contributed by atoms with Gasteiger partial charge in [-0.1, -0.05) is 11.6 Å². The van der Waals surface area contributed by atoms with E-state index in [9.17, 15) is 9.59 Å². The third-order valence-electron chi connectivity index (χ3n) is 2.45. The molecule has 0 aliphatic heterocycles. The fourth-order valence-electron chi connectivity index (χ4n) is 1.41. The van der Waals surface area contributed by atoms with Crippen LogP contribution >= 0.6 is 11.6 Å². The monoisotopic (exact) mass is 283 g/mol. The van der Waals surface area contributed by atoms with Crippen molar-refractivity contribution in [3.8, 4) is 0 Å². The first kappa shape index (κ1) is 15.5. The molecule has 1 aromatic rings. The summed E-state index contributed by atoms with van der Waals surface area (Å²) in [4.78, 5) is 26.4. The Morgan fingerprint density at radius 2 is 1.68 bits per heavy atom. The van der Waals surface area contributed by atoms with E-state index in [1.165, 1.54) is 4.90 Å². The van der Waals surface area contributed by atoms with Gasteiger partial charge in [0.1, 0.15) is 0 Å². The molecule has 0 saturated heterocycles. The number of carbonyl (C=O) groups excluding carboxylic acids is 2. The summed E-state index contributed by atoms with van der Waals surface area (Å²) >= 11 is 5.76. The van der Waals surface area contributed by atoms with Crippen LogP contribution in [0.3, 0.4) is 0 Å².